The summed E-state index contributed by atoms with van der Waals surface area (Å²) >= 11 is 0. The average molecular weight is 268 g/mol. The maximum absolute atomic E-state index is 4.46. The van der Waals surface area contributed by atoms with Gasteiger partial charge >= 0.3 is 0 Å². The zero-order valence-corrected chi connectivity index (χ0v) is 12.2. The van der Waals surface area contributed by atoms with Crippen molar-refractivity contribution < 1.29 is 0 Å². The fourth-order valence-corrected chi connectivity index (χ4v) is 2.23. The first-order chi connectivity index (χ1) is 9.60. The topological polar surface area (TPSA) is 49.8 Å². The molecule has 0 spiro atoms. The fraction of sp³-hybridized carbons (Fsp3) is 0.375. The van der Waals surface area contributed by atoms with Crippen molar-refractivity contribution in [3.05, 3.63) is 41.2 Å². The number of aromatic nitrogens is 2. The lowest BCUT2D eigenvalue weighted by atomic mass is 10.1. The first kappa shape index (κ1) is 12.9. The van der Waals surface area contributed by atoms with Crippen molar-refractivity contribution in [2.45, 2.75) is 39.7 Å². The average Bonchev–Trinajstić information content (AvgIpc) is 3.16. The van der Waals surface area contributed by atoms with Gasteiger partial charge in [-0.25, -0.2) is 9.97 Å². The predicted molar refractivity (Wildman–Crippen MR) is 82.6 cm³/mol. The Labute approximate surface area is 119 Å². The van der Waals surface area contributed by atoms with Crippen LogP contribution in [0.25, 0.3) is 0 Å². The van der Waals surface area contributed by atoms with Gasteiger partial charge in [0.25, 0.3) is 0 Å². The van der Waals surface area contributed by atoms with Gasteiger partial charge in [-0.15, -0.1) is 0 Å². The highest BCUT2D eigenvalue weighted by atomic mass is 15.1. The standard InChI is InChI=1S/C16H20N4/c1-10-4-7-14(11(2)8-10)20-16-9-15(17-12(3)18-16)19-13-5-6-13/h4,7-9,13H,5-6H2,1-3H3,(H2,17,18,19,20). The SMILES string of the molecule is Cc1ccc(Nc2cc(NC3CC3)nc(C)n2)c(C)c1. The fourth-order valence-electron chi connectivity index (χ4n) is 2.23. The summed E-state index contributed by atoms with van der Waals surface area (Å²) in [4.78, 5) is 8.89. The molecule has 0 bridgehead atoms. The highest BCUT2D eigenvalue weighted by Crippen LogP contribution is 2.26. The Balaban J connectivity index is 1.83. The lowest BCUT2D eigenvalue weighted by Crippen LogP contribution is -2.06. The van der Waals surface area contributed by atoms with Crippen LogP contribution in [0.15, 0.2) is 24.3 Å². The number of nitrogens with one attached hydrogen (secondary N) is 2. The number of nitrogens with zero attached hydrogens (tertiary/aromatic N) is 2. The van der Waals surface area contributed by atoms with Gasteiger partial charge in [0.05, 0.1) is 0 Å². The Morgan fingerprint density at radius 3 is 2.45 bits per heavy atom. The minimum absolute atomic E-state index is 0.596. The second-order valence-electron chi connectivity index (χ2n) is 5.55. The molecule has 4 nitrogen and oxygen atoms in total. The molecule has 1 aromatic carbocycles. The molecule has 0 saturated heterocycles. The third-order valence-electron chi connectivity index (χ3n) is 3.41. The number of hydrogen-bond donors (Lipinski definition) is 2. The minimum Gasteiger partial charge on any atom is -0.367 e. The highest BCUT2D eigenvalue weighted by Gasteiger charge is 2.21. The van der Waals surface area contributed by atoms with E-state index in [2.05, 4.69) is 52.6 Å². The van der Waals surface area contributed by atoms with Gasteiger partial charge in [0.1, 0.15) is 17.5 Å². The quantitative estimate of drug-likeness (QED) is 0.887. The Bertz CT molecular complexity index is 632. The van der Waals surface area contributed by atoms with E-state index in [1.807, 2.05) is 13.0 Å². The molecule has 0 unspecified atom stereocenters. The van der Waals surface area contributed by atoms with Gasteiger partial charge in [-0.05, 0) is 45.2 Å². The number of aryl methyl sites for hydroxylation is 3. The number of anilines is 3. The van der Waals surface area contributed by atoms with Crippen LogP contribution < -0.4 is 10.6 Å². The summed E-state index contributed by atoms with van der Waals surface area (Å²) in [5.74, 6) is 2.53. The summed E-state index contributed by atoms with van der Waals surface area (Å²) in [6.45, 7) is 6.13. The second kappa shape index (κ2) is 5.12. The first-order valence-corrected chi connectivity index (χ1v) is 7.06. The van der Waals surface area contributed by atoms with Gasteiger partial charge in [0.2, 0.25) is 0 Å². The normalized spacial score (nSPS) is 14.2. The minimum atomic E-state index is 0.596. The van der Waals surface area contributed by atoms with Crippen molar-refractivity contribution in [3.63, 3.8) is 0 Å². The highest BCUT2D eigenvalue weighted by molar-refractivity contribution is 5.63. The maximum Gasteiger partial charge on any atom is 0.136 e. The molecular weight excluding hydrogens is 248 g/mol. The van der Waals surface area contributed by atoms with Gasteiger partial charge in [-0.1, -0.05) is 17.7 Å². The molecule has 104 valence electrons. The van der Waals surface area contributed by atoms with Crippen LogP contribution in [0.4, 0.5) is 17.3 Å². The van der Waals surface area contributed by atoms with Crippen LogP contribution in [0.2, 0.25) is 0 Å². The summed E-state index contributed by atoms with van der Waals surface area (Å²) in [5, 5.41) is 6.80. The predicted octanol–water partition coefficient (Wildman–Crippen LogP) is 3.72. The molecule has 0 atom stereocenters. The molecule has 2 N–H and O–H groups in total. The molecule has 4 heteroatoms. The van der Waals surface area contributed by atoms with Crippen LogP contribution in [-0.2, 0) is 0 Å². The van der Waals surface area contributed by atoms with Gasteiger partial charge in [-0.3, -0.25) is 0 Å². The molecule has 0 aliphatic heterocycles. The van der Waals surface area contributed by atoms with Crippen molar-refractivity contribution in [2.75, 3.05) is 10.6 Å². The lowest BCUT2D eigenvalue weighted by Gasteiger charge is -2.12. The second-order valence-corrected chi connectivity index (χ2v) is 5.55. The summed E-state index contributed by atoms with van der Waals surface area (Å²) < 4.78 is 0. The first-order valence-electron chi connectivity index (χ1n) is 7.06. The number of hydrogen-bond acceptors (Lipinski definition) is 4. The summed E-state index contributed by atoms with van der Waals surface area (Å²) in [6.07, 6.45) is 2.48. The summed E-state index contributed by atoms with van der Waals surface area (Å²) in [6, 6.07) is 8.94. The van der Waals surface area contributed by atoms with Crippen molar-refractivity contribution in [1.82, 2.24) is 9.97 Å². The van der Waals surface area contributed by atoms with Crippen molar-refractivity contribution in [3.8, 4) is 0 Å². The van der Waals surface area contributed by atoms with Crippen molar-refractivity contribution in [2.24, 2.45) is 0 Å². The van der Waals surface area contributed by atoms with Crippen molar-refractivity contribution in [1.29, 1.82) is 0 Å². The van der Waals surface area contributed by atoms with E-state index in [1.54, 1.807) is 0 Å². The molecule has 0 radical (unpaired) electrons. The van der Waals surface area contributed by atoms with Crippen LogP contribution in [0.3, 0.4) is 0 Å². The van der Waals surface area contributed by atoms with E-state index in [0.29, 0.717) is 6.04 Å². The molecule has 3 rings (SSSR count). The van der Waals surface area contributed by atoms with E-state index in [-0.39, 0.29) is 0 Å². The van der Waals surface area contributed by atoms with Crippen molar-refractivity contribution >= 4 is 17.3 Å². The van der Waals surface area contributed by atoms with E-state index in [0.717, 1.165) is 23.1 Å². The van der Waals surface area contributed by atoms with Crippen LogP contribution >= 0.6 is 0 Å². The van der Waals surface area contributed by atoms with Crippen LogP contribution in [0, 0.1) is 20.8 Å². The van der Waals surface area contributed by atoms with Gasteiger partial charge in [0, 0.05) is 17.8 Å². The Hall–Kier alpha value is -2.10. The lowest BCUT2D eigenvalue weighted by molar-refractivity contribution is 1.02. The Morgan fingerprint density at radius 2 is 1.75 bits per heavy atom. The monoisotopic (exact) mass is 268 g/mol. The molecule has 1 fully saturated rings. The molecule has 1 aliphatic carbocycles. The largest absolute Gasteiger partial charge is 0.367 e. The zero-order valence-electron chi connectivity index (χ0n) is 12.2. The smallest absolute Gasteiger partial charge is 0.136 e. The van der Waals surface area contributed by atoms with Crippen LogP contribution in [0.1, 0.15) is 29.8 Å². The summed E-state index contributed by atoms with van der Waals surface area (Å²) in [7, 11) is 0. The van der Waals surface area contributed by atoms with E-state index in [1.165, 1.54) is 24.0 Å². The number of rotatable bonds is 4. The van der Waals surface area contributed by atoms with Gasteiger partial charge in [-0.2, -0.15) is 0 Å². The molecular formula is C16H20N4. The summed E-state index contributed by atoms with van der Waals surface area (Å²) in [5.41, 5.74) is 3.58. The van der Waals surface area contributed by atoms with E-state index in [4.69, 9.17) is 0 Å². The molecule has 0 amide bonds. The molecule has 20 heavy (non-hydrogen) atoms. The molecule has 1 heterocycles. The van der Waals surface area contributed by atoms with Crippen LogP contribution in [0.5, 0.6) is 0 Å². The van der Waals surface area contributed by atoms with E-state index < -0.39 is 0 Å². The van der Waals surface area contributed by atoms with E-state index in [9.17, 15) is 0 Å². The maximum atomic E-state index is 4.46. The van der Waals surface area contributed by atoms with Gasteiger partial charge in [0.15, 0.2) is 0 Å². The third kappa shape index (κ3) is 3.07. The molecule has 1 aliphatic rings. The zero-order chi connectivity index (χ0) is 14.1. The van der Waals surface area contributed by atoms with Gasteiger partial charge < -0.3 is 10.6 Å². The van der Waals surface area contributed by atoms with Crippen LogP contribution in [-0.4, -0.2) is 16.0 Å². The number of benzene rings is 1. The van der Waals surface area contributed by atoms with E-state index >= 15 is 0 Å². The third-order valence-corrected chi connectivity index (χ3v) is 3.41. The Kier molecular flexibility index (Phi) is 3.30. The molecule has 2 aromatic rings. The Morgan fingerprint density at radius 1 is 1.00 bits per heavy atom. The molecule has 1 saturated carbocycles. The molecule has 1 aromatic heterocycles.